The molecule has 1 aliphatic rings. The van der Waals surface area contributed by atoms with E-state index in [0.29, 0.717) is 0 Å². The smallest absolute Gasteiger partial charge is 0.326 e. The molecular formula is C9H11N3O3. The monoisotopic (exact) mass is 209 g/mol. The van der Waals surface area contributed by atoms with Gasteiger partial charge >= 0.3 is 5.97 Å². The highest BCUT2D eigenvalue weighted by molar-refractivity contribution is 5.89. The summed E-state index contributed by atoms with van der Waals surface area (Å²) in [4.78, 5) is 22.0. The molecule has 2 rings (SSSR count). The molecule has 1 aromatic rings. The van der Waals surface area contributed by atoms with E-state index in [4.69, 9.17) is 5.11 Å². The Morgan fingerprint density at radius 3 is 3.00 bits per heavy atom. The van der Waals surface area contributed by atoms with Gasteiger partial charge in [-0.15, -0.1) is 0 Å². The van der Waals surface area contributed by atoms with Crippen LogP contribution in [0.2, 0.25) is 0 Å². The second-order valence-electron chi connectivity index (χ2n) is 3.64. The first-order chi connectivity index (χ1) is 7.08. The highest BCUT2D eigenvalue weighted by atomic mass is 16.4. The van der Waals surface area contributed by atoms with Crippen molar-refractivity contribution in [1.82, 2.24) is 15.1 Å². The van der Waals surface area contributed by atoms with Crippen LogP contribution in [0.5, 0.6) is 0 Å². The van der Waals surface area contributed by atoms with Crippen molar-refractivity contribution in [2.45, 2.75) is 18.4 Å². The number of carboxylic acid groups (broad SMARTS) is 1. The van der Waals surface area contributed by atoms with Crippen molar-refractivity contribution in [2.24, 2.45) is 7.05 Å². The minimum Gasteiger partial charge on any atom is -0.480 e. The largest absolute Gasteiger partial charge is 0.480 e. The third-order valence-corrected chi connectivity index (χ3v) is 2.54. The van der Waals surface area contributed by atoms with Crippen LogP contribution in [0, 0.1) is 0 Å². The molecule has 0 aromatic carbocycles. The molecule has 1 saturated heterocycles. The Balaban J connectivity index is 2.27. The molecule has 15 heavy (non-hydrogen) atoms. The van der Waals surface area contributed by atoms with Gasteiger partial charge in [-0.05, 0) is 5.56 Å². The molecule has 2 atom stereocenters. The maximum absolute atomic E-state index is 11.1. The topological polar surface area (TPSA) is 84.2 Å². The highest BCUT2D eigenvalue weighted by Gasteiger charge is 2.38. The first-order valence-electron chi connectivity index (χ1n) is 4.58. The van der Waals surface area contributed by atoms with E-state index in [2.05, 4.69) is 10.4 Å². The van der Waals surface area contributed by atoms with Gasteiger partial charge in [-0.3, -0.25) is 9.48 Å². The van der Waals surface area contributed by atoms with Crippen LogP contribution in [0.1, 0.15) is 17.9 Å². The summed E-state index contributed by atoms with van der Waals surface area (Å²) in [6.45, 7) is 0. The van der Waals surface area contributed by atoms with Gasteiger partial charge in [-0.25, -0.2) is 4.79 Å². The summed E-state index contributed by atoms with van der Waals surface area (Å²) in [6.07, 6.45) is 3.55. The van der Waals surface area contributed by atoms with Gasteiger partial charge in [0.15, 0.2) is 0 Å². The lowest BCUT2D eigenvalue weighted by Crippen LogP contribution is -2.35. The van der Waals surface area contributed by atoms with Crippen LogP contribution in [-0.2, 0) is 16.6 Å². The first kappa shape index (κ1) is 9.70. The number of nitrogens with one attached hydrogen (secondary N) is 1. The summed E-state index contributed by atoms with van der Waals surface area (Å²) in [5.41, 5.74) is 0.781. The lowest BCUT2D eigenvalue weighted by molar-refractivity contribution is -0.140. The fourth-order valence-electron chi connectivity index (χ4n) is 1.83. The van der Waals surface area contributed by atoms with Crippen molar-refractivity contribution in [1.29, 1.82) is 0 Å². The summed E-state index contributed by atoms with van der Waals surface area (Å²) in [7, 11) is 1.75. The molecule has 1 aliphatic heterocycles. The molecule has 0 bridgehead atoms. The third kappa shape index (κ3) is 1.70. The molecule has 1 fully saturated rings. The lowest BCUT2D eigenvalue weighted by Gasteiger charge is -2.11. The number of carbonyl (C=O) groups is 2. The highest BCUT2D eigenvalue weighted by Crippen LogP contribution is 2.27. The van der Waals surface area contributed by atoms with Crippen LogP contribution >= 0.6 is 0 Å². The molecule has 0 spiro atoms. The van der Waals surface area contributed by atoms with E-state index in [9.17, 15) is 9.59 Å². The van der Waals surface area contributed by atoms with E-state index in [1.54, 1.807) is 24.1 Å². The van der Waals surface area contributed by atoms with E-state index < -0.39 is 12.0 Å². The van der Waals surface area contributed by atoms with E-state index >= 15 is 0 Å². The summed E-state index contributed by atoms with van der Waals surface area (Å²) >= 11 is 0. The Bertz CT molecular complexity index is 412. The van der Waals surface area contributed by atoms with Gasteiger partial charge in [0.2, 0.25) is 5.91 Å². The number of carboxylic acids is 1. The van der Waals surface area contributed by atoms with Crippen LogP contribution in [0.15, 0.2) is 12.4 Å². The van der Waals surface area contributed by atoms with E-state index in [1.807, 2.05) is 0 Å². The van der Waals surface area contributed by atoms with Crippen LogP contribution < -0.4 is 5.32 Å². The molecule has 6 nitrogen and oxygen atoms in total. The normalized spacial score (nSPS) is 25.3. The molecule has 80 valence electrons. The van der Waals surface area contributed by atoms with Gasteiger partial charge in [0.1, 0.15) is 6.04 Å². The molecule has 6 heteroatoms. The number of aliphatic carboxylic acids is 1. The molecule has 2 N–H and O–H groups in total. The maximum atomic E-state index is 11.1. The minimum absolute atomic E-state index is 0.211. The molecule has 2 heterocycles. The van der Waals surface area contributed by atoms with Crippen molar-refractivity contribution in [3.05, 3.63) is 18.0 Å². The van der Waals surface area contributed by atoms with Crippen LogP contribution in [0.25, 0.3) is 0 Å². The number of aryl methyl sites for hydroxylation is 1. The molecule has 0 aliphatic carbocycles. The predicted octanol–water partition coefficient (Wildman–Crippen LogP) is -0.523. The Morgan fingerprint density at radius 1 is 1.73 bits per heavy atom. The second-order valence-corrected chi connectivity index (χ2v) is 3.64. The summed E-state index contributed by atoms with van der Waals surface area (Å²) in [5, 5.41) is 15.3. The standard InChI is InChI=1S/C9H11N3O3/c1-12-4-5(3-10-12)6-2-7(13)11-8(6)9(14)15/h3-4,6,8H,2H2,1H3,(H,11,13)(H,14,15). The van der Waals surface area contributed by atoms with Crippen molar-refractivity contribution in [2.75, 3.05) is 0 Å². The van der Waals surface area contributed by atoms with Crippen molar-refractivity contribution < 1.29 is 14.7 Å². The van der Waals surface area contributed by atoms with Crippen LogP contribution in [0.4, 0.5) is 0 Å². The Hall–Kier alpha value is -1.85. The van der Waals surface area contributed by atoms with Gasteiger partial charge in [0.05, 0.1) is 6.20 Å². The summed E-state index contributed by atoms with van der Waals surface area (Å²) in [5.74, 6) is -1.55. The quantitative estimate of drug-likeness (QED) is 0.686. The van der Waals surface area contributed by atoms with Crippen LogP contribution in [0.3, 0.4) is 0 Å². The number of nitrogens with zero attached hydrogens (tertiary/aromatic N) is 2. The molecule has 0 radical (unpaired) electrons. The average molecular weight is 209 g/mol. The third-order valence-electron chi connectivity index (χ3n) is 2.54. The molecule has 1 amide bonds. The van der Waals surface area contributed by atoms with Gasteiger partial charge in [-0.1, -0.05) is 0 Å². The number of rotatable bonds is 2. The molecular weight excluding hydrogens is 198 g/mol. The molecule has 1 aromatic heterocycles. The Labute approximate surface area is 85.9 Å². The molecule has 0 saturated carbocycles. The predicted molar refractivity (Wildman–Crippen MR) is 50.1 cm³/mol. The van der Waals surface area contributed by atoms with Crippen molar-refractivity contribution in [3.8, 4) is 0 Å². The number of carbonyl (C=O) groups excluding carboxylic acids is 1. The van der Waals surface area contributed by atoms with E-state index in [1.165, 1.54) is 0 Å². The van der Waals surface area contributed by atoms with Gasteiger partial charge < -0.3 is 10.4 Å². The second kappa shape index (κ2) is 3.38. The van der Waals surface area contributed by atoms with Crippen molar-refractivity contribution in [3.63, 3.8) is 0 Å². The zero-order valence-electron chi connectivity index (χ0n) is 8.17. The maximum Gasteiger partial charge on any atom is 0.326 e. The van der Waals surface area contributed by atoms with E-state index in [0.717, 1.165) is 5.56 Å². The van der Waals surface area contributed by atoms with Gasteiger partial charge in [0, 0.05) is 25.6 Å². The fourth-order valence-corrected chi connectivity index (χ4v) is 1.83. The zero-order chi connectivity index (χ0) is 11.0. The SMILES string of the molecule is Cn1cc(C2CC(=O)NC2C(=O)O)cn1. The zero-order valence-corrected chi connectivity index (χ0v) is 8.17. The number of hydrogen-bond acceptors (Lipinski definition) is 3. The van der Waals surface area contributed by atoms with Crippen LogP contribution in [-0.4, -0.2) is 32.8 Å². The number of hydrogen-bond donors (Lipinski definition) is 2. The van der Waals surface area contributed by atoms with Gasteiger partial charge in [0.25, 0.3) is 0 Å². The fraction of sp³-hybridized carbons (Fsp3) is 0.444. The number of aromatic nitrogens is 2. The summed E-state index contributed by atoms with van der Waals surface area (Å²) < 4.78 is 1.59. The summed E-state index contributed by atoms with van der Waals surface area (Å²) in [6, 6.07) is -0.832. The molecule has 2 unspecified atom stereocenters. The minimum atomic E-state index is -1.00. The van der Waals surface area contributed by atoms with Crippen molar-refractivity contribution >= 4 is 11.9 Å². The Kier molecular flexibility index (Phi) is 2.18. The first-order valence-corrected chi connectivity index (χ1v) is 4.58. The van der Waals surface area contributed by atoms with Gasteiger partial charge in [-0.2, -0.15) is 5.10 Å². The lowest BCUT2D eigenvalue weighted by atomic mass is 9.94. The average Bonchev–Trinajstić information content (AvgIpc) is 2.71. The number of amides is 1. The Morgan fingerprint density at radius 2 is 2.47 bits per heavy atom. The van der Waals surface area contributed by atoms with E-state index in [-0.39, 0.29) is 18.2 Å².